The molecule has 2 aliphatic carbocycles. The fourth-order valence-corrected chi connectivity index (χ4v) is 4.02. The van der Waals surface area contributed by atoms with Crippen molar-refractivity contribution in [3.8, 4) is 0 Å². The fourth-order valence-electron chi connectivity index (χ4n) is 4.02. The molecule has 0 aromatic rings. The molecular weight excluding hydrogens is 216 g/mol. The second kappa shape index (κ2) is 8.99. The molecule has 0 N–H and O–H groups in total. The Balaban J connectivity index is 0.000000492. The van der Waals surface area contributed by atoms with E-state index < -0.39 is 0 Å². The monoisotopic (exact) mass is 252 g/mol. The van der Waals surface area contributed by atoms with Crippen LogP contribution in [0.4, 0.5) is 0 Å². The average Bonchev–Trinajstić information content (AvgIpc) is 2.30. The molecule has 2 saturated carbocycles. The largest absolute Gasteiger partial charge is 0.0656 e. The lowest BCUT2D eigenvalue weighted by Crippen LogP contribution is -2.20. The third-order valence-corrected chi connectivity index (χ3v) is 4.76. The average molecular weight is 252 g/mol. The van der Waals surface area contributed by atoms with E-state index >= 15 is 0 Å². The predicted octanol–water partition coefficient (Wildman–Crippen LogP) is 6.45. The molecule has 4 atom stereocenters. The standard InChI is InChI=1S/C15H28.C3H8/c1-12-5-3-7-14(9-12)11-15-8-4-6-13(2)10-15;1-3-2/h12-15H,3-11H2,1-2H3;3H2,1-2H3. The zero-order chi connectivity index (χ0) is 13.4. The Bertz CT molecular complexity index is 176. The van der Waals surface area contributed by atoms with Crippen molar-refractivity contribution in [3.63, 3.8) is 0 Å². The highest BCUT2D eigenvalue weighted by molar-refractivity contribution is 4.77. The molecule has 0 aromatic heterocycles. The topological polar surface area (TPSA) is 0 Å². The van der Waals surface area contributed by atoms with Crippen molar-refractivity contribution in [3.05, 3.63) is 0 Å². The van der Waals surface area contributed by atoms with Crippen LogP contribution in [0.5, 0.6) is 0 Å². The molecule has 0 aliphatic heterocycles. The van der Waals surface area contributed by atoms with Crippen molar-refractivity contribution in [1.82, 2.24) is 0 Å². The lowest BCUT2D eigenvalue weighted by molar-refractivity contribution is 0.191. The molecule has 2 aliphatic rings. The maximum atomic E-state index is 2.45. The number of hydrogen-bond donors (Lipinski definition) is 0. The normalized spacial score (nSPS) is 36.7. The van der Waals surface area contributed by atoms with E-state index in [9.17, 15) is 0 Å². The van der Waals surface area contributed by atoms with Gasteiger partial charge < -0.3 is 0 Å². The molecule has 0 radical (unpaired) electrons. The van der Waals surface area contributed by atoms with Crippen LogP contribution in [-0.4, -0.2) is 0 Å². The first kappa shape index (κ1) is 16.1. The van der Waals surface area contributed by atoms with Crippen molar-refractivity contribution >= 4 is 0 Å². The smallest absolute Gasteiger partial charge is 0.0409 e. The van der Waals surface area contributed by atoms with Gasteiger partial charge in [-0.2, -0.15) is 0 Å². The van der Waals surface area contributed by atoms with Crippen LogP contribution in [0, 0.1) is 23.7 Å². The quantitative estimate of drug-likeness (QED) is 0.530. The van der Waals surface area contributed by atoms with E-state index in [-0.39, 0.29) is 0 Å². The molecule has 0 heteroatoms. The van der Waals surface area contributed by atoms with Crippen LogP contribution >= 0.6 is 0 Å². The van der Waals surface area contributed by atoms with Gasteiger partial charge in [-0.25, -0.2) is 0 Å². The summed E-state index contributed by atoms with van der Waals surface area (Å²) in [6, 6.07) is 0. The Morgan fingerprint density at radius 2 is 1.11 bits per heavy atom. The second-order valence-electron chi connectivity index (χ2n) is 7.22. The van der Waals surface area contributed by atoms with Gasteiger partial charge in [0.05, 0.1) is 0 Å². The minimum atomic E-state index is 1.02. The molecular formula is C18H36. The summed E-state index contributed by atoms with van der Waals surface area (Å²) in [5.74, 6) is 4.21. The van der Waals surface area contributed by atoms with E-state index in [2.05, 4.69) is 27.7 Å². The molecule has 0 nitrogen and oxygen atoms in total. The minimum absolute atomic E-state index is 1.02. The molecule has 4 unspecified atom stereocenters. The van der Waals surface area contributed by atoms with Gasteiger partial charge in [-0.15, -0.1) is 0 Å². The summed E-state index contributed by atoms with van der Waals surface area (Å²) in [5.41, 5.74) is 0. The number of hydrogen-bond acceptors (Lipinski definition) is 0. The summed E-state index contributed by atoms with van der Waals surface area (Å²) in [6.45, 7) is 9.16. The predicted molar refractivity (Wildman–Crippen MR) is 82.8 cm³/mol. The van der Waals surface area contributed by atoms with Gasteiger partial charge in [0.2, 0.25) is 0 Å². The maximum Gasteiger partial charge on any atom is -0.0409 e. The molecule has 2 rings (SSSR count). The molecule has 18 heavy (non-hydrogen) atoms. The van der Waals surface area contributed by atoms with Crippen LogP contribution < -0.4 is 0 Å². The van der Waals surface area contributed by atoms with E-state index in [4.69, 9.17) is 0 Å². The van der Waals surface area contributed by atoms with Gasteiger partial charge in [0, 0.05) is 0 Å². The van der Waals surface area contributed by atoms with E-state index in [1.165, 1.54) is 57.8 Å². The van der Waals surface area contributed by atoms with Crippen molar-refractivity contribution < 1.29 is 0 Å². The lowest BCUT2D eigenvalue weighted by Gasteiger charge is -2.33. The highest BCUT2D eigenvalue weighted by Gasteiger charge is 2.25. The Morgan fingerprint density at radius 3 is 1.44 bits per heavy atom. The lowest BCUT2D eigenvalue weighted by atomic mass is 9.73. The molecule has 108 valence electrons. The summed E-state index contributed by atoms with van der Waals surface area (Å²) in [5, 5.41) is 0. The third kappa shape index (κ3) is 6.25. The van der Waals surface area contributed by atoms with Gasteiger partial charge in [-0.3, -0.25) is 0 Å². The maximum absolute atomic E-state index is 2.45. The highest BCUT2D eigenvalue weighted by atomic mass is 14.3. The first-order valence-electron chi connectivity index (χ1n) is 8.65. The van der Waals surface area contributed by atoms with Crippen LogP contribution in [-0.2, 0) is 0 Å². The van der Waals surface area contributed by atoms with E-state index in [1.54, 1.807) is 6.42 Å². The van der Waals surface area contributed by atoms with Gasteiger partial charge in [0.15, 0.2) is 0 Å². The molecule has 0 amide bonds. The van der Waals surface area contributed by atoms with Gasteiger partial charge in [0.25, 0.3) is 0 Å². The van der Waals surface area contributed by atoms with Crippen LogP contribution in [0.2, 0.25) is 0 Å². The van der Waals surface area contributed by atoms with E-state index in [0.29, 0.717) is 0 Å². The van der Waals surface area contributed by atoms with Crippen molar-refractivity contribution in [2.24, 2.45) is 23.7 Å². The SMILES string of the molecule is CC1CCCC(CC2CCCC(C)C2)C1.CCC. The van der Waals surface area contributed by atoms with E-state index in [1.807, 2.05) is 0 Å². The van der Waals surface area contributed by atoms with Gasteiger partial charge >= 0.3 is 0 Å². The third-order valence-electron chi connectivity index (χ3n) is 4.76. The molecule has 0 spiro atoms. The molecule has 0 heterocycles. The Morgan fingerprint density at radius 1 is 0.722 bits per heavy atom. The summed E-state index contributed by atoms with van der Waals surface area (Å²) in [6.07, 6.45) is 15.0. The summed E-state index contributed by atoms with van der Waals surface area (Å²) in [7, 11) is 0. The highest BCUT2D eigenvalue weighted by Crippen LogP contribution is 2.38. The van der Waals surface area contributed by atoms with Crippen molar-refractivity contribution in [1.29, 1.82) is 0 Å². The first-order valence-corrected chi connectivity index (χ1v) is 8.65. The van der Waals surface area contributed by atoms with Crippen LogP contribution in [0.1, 0.15) is 91.9 Å². The van der Waals surface area contributed by atoms with Crippen LogP contribution in [0.15, 0.2) is 0 Å². The molecule has 2 fully saturated rings. The summed E-state index contributed by atoms with van der Waals surface area (Å²) >= 11 is 0. The molecule has 0 aromatic carbocycles. The molecule has 0 saturated heterocycles. The van der Waals surface area contributed by atoms with Crippen molar-refractivity contribution in [2.45, 2.75) is 91.9 Å². The van der Waals surface area contributed by atoms with E-state index in [0.717, 1.165) is 23.7 Å². The fraction of sp³-hybridized carbons (Fsp3) is 1.00. The first-order chi connectivity index (χ1) is 8.65. The Hall–Kier alpha value is 0. The summed E-state index contributed by atoms with van der Waals surface area (Å²) < 4.78 is 0. The van der Waals surface area contributed by atoms with Crippen LogP contribution in [0.25, 0.3) is 0 Å². The number of rotatable bonds is 2. The zero-order valence-electron chi connectivity index (χ0n) is 13.4. The Labute approximate surface area is 116 Å². The van der Waals surface area contributed by atoms with Crippen molar-refractivity contribution in [2.75, 3.05) is 0 Å². The second-order valence-corrected chi connectivity index (χ2v) is 7.22. The van der Waals surface area contributed by atoms with Crippen LogP contribution in [0.3, 0.4) is 0 Å². The van der Waals surface area contributed by atoms with Gasteiger partial charge in [0.1, 0.15) is 0 Å². The summed E-state index contributed by atoms with van der Waals surface area (Å²) in [4.78, 5) is 0. The zero-order valence-corrected chi connectivity index (χ0v) is 13.4. The van der Waals surface area contributed by atoms with Gasteiger partial charge in [-0.1, -0.05) is 72.6 Å². The minimum Gasteiger partial charge on any atom is -0.0656 e. The molecule has 0 bridgehead atoms. The van der Waals surface area contributed by atoms with Gasteiger partial charge in [-0.05, 0) is 42.9 Å². The Kier molecular flexibility index (Phi) is 8.02.